The minimum absolute atomic E-state index is 0.108. The summed E-state index contributed by atoms with van der Waals surface area (Å²) in [5.74, 6) is 0.497. The maximum absolute atomic E-state index is 15.7. The molecule has 6 heteroatoms. The Morgan fingerprint density at radius 1 is 0.328 bits per heavy atom. The van der Waals surface area contributed by atoms with Crippen LogP contribution in [0, 0.1) is 0 Å². The fourth-order valence-electron chi connectivity index (χ4n) is 10.8. The van der Waals surface area contributed by atoms with Gasteiger partial charge in [0.15, 0.2) is 0 Å². The van der Waals surface area contributed by atoms with Gasteiger partial charge in [0.1, 0.15) is 0 Å². The van der Waals surface area contributed by atoms with Crippen molar-refractivity contribution in [2.75, 3.05) is 0 Å². The van der Waals surface area contributed by atoms with Gasteiger partial charge in [-0.05, 0) is 82.6 Å². The van der Waals surface area contributed by atoms with Crippen molar-refractivity contribution in [2.45, 2.75) is 0 Å². The molecule has 0 saturated carbocycles. The first-order valence-electron chi connectivity index (χ1n) is 22.6. The molecule has 0 fully saturated rings. The monoisotopic (exact) mass is 855 g/mol. The largest absolute Gasteiger partial charge is 0.309 e. The summed E-state index contributed by atoms with van der Waals surface area (Å²) >= 11 is 0. The van der Waals surface area contributed by atoms with Gasteiger partial charge in [0.2, 0.25) is 5.95 Å². The maximum atomic E-state index is 15.7. The smallest absolute Gasteiger partial charge is 0.265 e. The Balaban J connectivity index is 1.15. The average Bonchev–Trinajstić information content (AvgIpc) is 3.91. The van der Waals surface area contributed by atoms with E-state index in [1.807, 2.05) is 83.4 Å². The summed E-state index contributed by atoms with van der Waals surface area (Å²) in [7, 11) is 0. The number of hydrogen-bond donors (Lipinski definition) is 0. The quantitative estimate of drug-likeness (QED) is 0.162. The van der Waals surface area contributed by atoms with Crippen molar-refractivity contribution in [1.82, 2.24) is 23.7 Å². The van der Waals surface area contributed by atoms with Crippen LogP contribution in [0.5, 0.6) is 0 Å². The Morgan fingerprint density at radius 2 is 0.866 bits per heavy atom. The second-order valence-corrected chi connectivity index (χ2v) is 17.3. The lowest BCUT2D eigenvalue weighted by Crippen LogP contribution is -2.20. The minimum Gasteiger partial charge on any atom is -0.309 e. The first-order valence-corrected chi connectivity index (χ1v) is 22.6. The maximum Gasteiger partial charge on any atom is 0.265 e. The van der Waals surface area contributed by atoms with E-state index in [0.29, 0.717) is 11.3 Å². The van der Waals surface area contributed by atoms with Gasteiger partial charge < -0.3 is 4.57 Å². The van der Waals surface area contributed by atoms with Gasteiger partial charge in [-0.1, -0.05) is 164 Å². The van der Waals surface area contributed by atoms with Crippen molar-refractivity contribution in [3.8, 4) is 39.7 Å². The molecule has 0 bridgehead atoms. The summed E-state index contributed by atoms with van der Waals surface area (Å²) in [6.07, 6.45) is 0. The fourth-order valence-corrected chi connectivity index (χ4v) is 10.8. The number of nitrogens with zero attached hydrogens (tertiary/aromatic N) is 5. The highest BCUT2D eigenvalue weighted by atomic mass is 16.1. The molecular formula is C61H37N5O. The number of hydrogen-bond acceptors (Lipinski definition) is 3. The predicted octanol–water partition coefficient (Wildman–Crippen LogP) is 14.8. The van der Waals surface area contributed by atoms with E-state index in [1.165, 1.54) is 10.8 Å². The van der Waals surface area contributed by atoms with Gasteiger partial charge in [0, 0.05) is 54.6 Å². The van der Waals surface area contributed by atoms with E-state index in [4.69, 9.17) is 9.97 Å². The normalized spacial score (nSPS) is 11.9. The van der Waals surface area contributed by atoms with E-state index in [0.717, 1.165) is 105 Å². The molecule has 4 heterocycles. The number of para-hydroxylation sites is 5. The molecule has 0 saturated heterocycles. The van der Waals surface area contributed by atoms with E-state index < -0.39 is 0 Å². The third-order valence-corrected chi connectivity index (χ3v) is 13.6. The van der Waals surface area contributed by atoms with E-state index in [9.17, 15) is 0 Å². The highest BCUT2D eigenvalue weighted by Gasteiger charge is 2.26. The third kappa shape index (κ3) is 5.47. The highest BCUT2D eigenvalue weighted by Crippen LogP contribution is 2.45. The molecule has 0 atom stereocenters. The van der Waals surface area contributed by atoms with Gasteiger partial charge in [-0.15, -0.1) is 0 Å². The number of benzene rings is 10. The van der Waals surface area contributed by atoms with Gasteiger partial charge in [0.05, 0.1) is 44.2 Å². The second-order valence-electron chi connectivity index (χ2n) is 17.3. The summed E-state index contributed by atoms with van der Waals surface area (Å²) in [6.45, 7) is 0. The number of fused-ring (bicyclic) bond motifs is 13. The van der Waals surface area contributed by atoms with Crippen molar-refractivity contribution in [3.63, 3.8) is 0 Å². The van der Waals surface area contributed by atoms with Crippen LogP contribution in [0.15, 0.2) is 229 Å². The average molecular weight is 856 g/mol. The summed E-state index contributed by atoms with van der Waals surface area (Å²) < 4.78 is 6.40. The van der Waals surface area contributed by atoms with Gasteiger partial charge >= 0.3 is 0 Å². The molecule has 14 aromatic rings. The topological polar surface area (TPSA) is 57.6 Å². The van der Waals surface area contributed by atoms with E-state index in [2.05, 4.69) is 155 Å². The molecule has 0 spiro atoms. The summed E-state index contributed by atoms with van der Waals surface area (Å²) in [4.78, 5) is 26.6. The van der Waals surface area contributed by atoms with E-state index >= 15 is 4.79 Å². The van der Waals surface area contributed by atoms with Crippen LogP contribution in [0.4, 0.5) is 0 Å². The van der Waals surface area contributed by atoms with Crippen LogP contribution in [0.1, 0.15) is 0 Å². The van der Waals surface area contributed by atoms with Crippen LogP contribution in [0.3, 0.4) is 0 Å². The zero-order valence-electron chi connectivity index (χ0n) is 36.0. The molecule has 10 aromatic carbocycles. The third-order valence-electron chi connectivity index (χ3n) is 13.6. The van der Waals surface area contributed by atoms with Crippen molar-refractivity contribution < 1.29 is 0 Å². The molecule has 0 aliphatic heterocycles. The van der Waals surface area contributed by atoms with Crippen LogP contribution in [0.25, 0.3) is 127 Å². The van der Waals surface area contributed by atoms with E-state index in [1.54, 1.807) is 0 Å². The molecule has 0 radical (unpaired) electrons. The molecule has 14 rings (SSSR count). The molecule has 0 aliphatic rings. The zero-order valence-corrected chi connectivity index (χ0v) is 36.0. The molecule has 6 nitrogen and oxygen atoms in total. The lowest BCUT2D eigenvalue weighted by atomic mass is 9.94. The molecule has 4 aromatic heterocycles. The molecule has 312 valence electrons. The van der Waals surface area contributed by atoms with Crippen molar-refractivity contribution >= 4 is 87.0 Å². The Labute approximate surface area is 383 Å². The highest BCUT2D eigenvalue weighted by molar-refractivity contribution is 6.28. The molecule has 0 aliphatic carbocycles. The van der Waals surface area contributed by atoms with Gasteiger partial charge in [0.25, 0.3) is 5.56 Å². The number of aromatic nitrogens is 5. The lowest BCUT2D eigenvalue weighted by Gasteiger charge is -2.16. The molecular weight excluding hydrogens is 819 g/mol. The lowest BCUT2D eigenvalue weighted by molar-refractivity contribution is 1.01. The van der Waals surface area contributed by atoms with E-state index in [-0.39, 0.29) is 5.56 Å². The predicted molar refractivity (Wildman–Crippen MR) is 277 cm³/mol. The summed E-state index contributed by atoms with van der Waals surface area (Å²) in [5, 5.41) is 9.87. The van der Waals surface area contributed by atoms with Crippen molar-refractivity contribution in [1.29, 1.82) is 0 Å². The van der Waals surface area contributed by atoms with Gasteiger partial charge in [-0.3, -0.25) is 13.9 Å². The molecule has 67 heavy (non-hydrogen) atoms. The van der Waals surface area contributed by atoms with Crippen molar-refractivity contribution in [3.05, 3.63) is 235 Å². The Kier molecular flexibility index (Phi) is 8.03. The van der Waals surface area contributed by atoms with Gasteiger partial charge in [-0.25, -0.2) is 9.97 Å². The van der Waals surface area contributed by atoms with Crippen LogP contribution >= 0.6 is 0 Å². The Hall–Kier alpha value is -9.13. The first-order chi connectivity index (χ1) is 33.2. The van der Waals surface area contributed by atoms with Crippen LogP contribution in [-0.4, -0.2) is 23.7 Å². The number of rotatable bonds is 5. The fraction of sp³-hybridized carbons (Fsp3) is 0. The van der Waals surface area contributed by atoms with Gasteiger partial charge in [-0.2, -0.15) is 0 Å². The Morgan fingerprint density at radius 3 is 1.60 bits per heavy atom. The van der Waals surface area contributed by atoms with Crippen LogP contribution in [0.2, 0.25) is 0 Å². The summed E-state index contributed by atoms with van der Waals surface area (Å²) in [6, 6.07) is 78.1. The van der Waals surface area contributed by atoms with Crippen LogP contribution < -0.4 is 5.56 Å². The minimum atomic E-state index is -0.108. The first kappa shape index (κ1) is 37.3. The Bertz CT molecular complexity index is 4400. The van der Waals surface area contributed by atoms with Crippen LogP contribution in [-0.2, 0) is 0 Å². The number of pyridine rings is 1. The van der Waals surface area contributed by atoms with Crippen molar-refractivity contribution in [2.24, 2.45) is 0 Å². The zero-order chi connectivity index (χ0) is 44.2. The molecule has 0 unspecified atom stereocenters. The molecule has 0 N–H and O–H groups in total. The second kappa shape index (κ2) is 14.4. The summed E-state index contributed by atoms with van der Waals surface area (Å²) in [5.41, 5.74) is 11.5. The SMILES string of the molecule is O=c1c2c(ccc3c4cc(-c5ccc6c(c5)c5ccccc5n6-c5ccccc5)c5ccccc5c4n(-c4nc(-c5ccccc5)c5ccccc5n4)c32)c2ccccc2n1-c1ccccc1. The standard InChI is InChI=1S/C61H37N5O/c67-60-56-45(43-25-13-17-31-54(43)65(60)41-22-8-3-9-23-41)33-34-47-51-37-49(39-32-35-55-50(36-39)44-26-14-16-30-53(44)64(55)40-20-6-2-7-21-40)42-24-10-11-27-46(42)58(51)66(59(47)56)61-62-52-29-15-12-28-48(52)57(63-61)38-18-4-1-5-19-38/h1-37H. The molecule has 0 amide bonds.